The quantitative estimate of drug-likeness (QED) is 0.640. The standard InChI is InChI=1S/C14H27N/c1-10(2)11-6-12-8-15(14(3,4)5)9-13(12)7-11/h10-13H,6-9H2,1-5H3/t11-,12-,13+. The molecule has 1 aliphatic carbocycles. The lowest BCUT2D eigenvalue weighted by Crippen LogP contribution is -2.40. The van der Waals surface area contributed by atoms with Gasteiger partial charge in [-0.1, -0.05) is 13.8 Å². The molecule has 1 nitrogen and oxygen atoms in total. The fourth-order valence-corrected chi connectivity index (χ4v) is 3.44. The third-order valence-electron chi connectivity index (χ3n) is 4.68. The van der Waals surface area contributed by atoms with E-state index < -0.39 is 0 Å². The van der Waals surface area contributed by atoms with Gasteiger partial charge in [-0.15, -0.1) is 0 Å². The summed E-state index contributed by atoms with van der Waals surface area (Å²) in [6.45, 7) is 14.6. The van der Waals surface area contributed by atoms with Crippen LogP contribution in [0.4, 0.5) is 0 Å². The molecule has 0 aromatic heterocycles. The maximum absolute atomic E-state index is 2.69. The van der Waals surface area contributed by atoms with E-state index in [1.165, 1.54) is 25.9 Å². The molecule has 0 amide bonds. The first-order valence-corrected chi connectivity index (χ1v) is 6.63. The molecule has 0 radical (unpaired) electrons. The van der Waals surface area contributed by atoms with Gasteiger partial charge >= 0.3 is 0 Å². The van der Waals surface area contributed by atoms with Gasteiger partial charge in [-0.05, 0) is 57.3 Å². The van der Waals surface area contributed by atoms with E-state index in [1.807, 2.05) is 0 Å². The van der Waals surface area contributed by atoms with Crippen LogP contribution in [0.15, 0.2) is 0 Å². The van der Waals surface area contributed by atoms with Crippen molar-refractivity contribution >= 4 is 0 Å². The summed E-state index contributed by atoms with van der Waals surface area (Å²) in [6, 6.07) is 0. The molecule has 0 spiro atoms. The molecule has 1 saturated carbocycles. The molecular formula is C14H27N. The second kappa shape index (κ2) is 3.76. The molecule has 1 aliphatic heterocycles. The van der Waals surface area contributed by atoms with Gasteiger partial charge in [0.1, 0.15) is 0 Å². The van der Waals surface area contributed by atoms with Crippen LogP contribution in [0.5, 0.6) is 0 Å². The Hall–Kier alpha value is -0.0400. The number of nitrogens with zero attached hydrogens (tertiary/aromatic N) is 1. The first kappa shape index (κ1) is 11.4. The summed E-state index contributed by atoms with van der Waals surface area (Å²) < 4.78 is 0. The van der Waals surface area contributed by atoms with E-state index in [2.05, 4.69) is 39.5 Å². The van der Waals surface area contributed by atoms with Crippen LogP contribution < -0.4 is 0 Å². The maximum atomic E-state index is 2.69. The van der Waals surface area contributed by atoms with Crippen molar-refractivity contribution in [3.05, 3.63) is 0 Å². The van der Waals surface area contributed by atoms with Crippen LogP contribution in [0.3, 0.4) is 0 Å². The molecule has 1 heteroatoms. The van der Waals surface area contributed by atoms with Crippen molar-refractivity contribution < 1.29 is 0 Å². The molecule has 88 valence electrons. The summed E-state index contributed by atoms with van der Waals surface area (Å²) in [7, 11) is 0. The SMILES string of the molecule is CC(C)[C@@H]1C[C@@H]2CN(C(C)(C)C)C[C@@H]2C1. The number of hydrogen-bond acceptors (Lipinski definition) is 1. The largest absolute Gasteiger partial charge is 0.298 e. The molecule has 0 N–H and O–H groups in total. The number of fused-ring (bicyclic) bond motifs is 1. The fourth-order valence-electron chi connectivity index (χ4n) is 3.44. The lowest BCUT2D eigenvalue weighted by atomic mass is 9.92. The smallest absolute Gasteiger partial charge is 0.0125 e. The summed E-state index contributed by atoms with van der Waals surface area (Å²) in [5.74, 6) is 3.94. The van der Waals surface area contributed by atoms with Gasteiger partial charge in [-0.25, -0.2) is 0 Å². The van der Waals surface area contributed by atoms with E-state index in [-0.39, 0.29) is 0 Å². The van der Waals surface area contributed by atoms with E-state index in [9.17, 15) is 0 Å². The fraction of sp³-hybridized carbons (Fsp3) is 1.00. The maximum Gasteiger partial charge on any atom is 0.0125 e. The molecular weight excluding hydrogens is 182 g/mol. The molecule has 0 aromatic carbocycles. The zero-order valence-corrected chi connectivity index (χ0v) is 11.1. The summed E-state index contributed by atoms with van der Waals surface area (Å²) >= 11 is 0. The minimum absolute atomic E-state index is 0.387. The van der Waals surface area contributed by atoms with Crippen LogP contribution in [0.1, 0.15) is 47.5 Å². The Morgan fingerprint density at radius 3 is 1.80 bits per heavy atom. The van der Waals surface area contributed by atoms with Gasteiger partial charge in [-0.3, -0.25) is 4.90 Å². The second-order valence-electron chi connectivity index (χ2n) is 7.07. The molecule has 0 bridgehead atoms. The Labute approximate surface area is 95.2 Å². The van der Waals surface area contributed by atoms with Crippen molar-refractivity contribution in [2.24, 2.45) is 23.7 Å². The summed E-state index contributed by atoms with van der Waals surface area (Å²) in [4.78, 5) is 2.69. The first-order valence-electron chi connectivity index (χ1n) is 6.63. The minimum Gasteiger partial charge on any atom is -0.298 e. The molecule has 1 heterocycles. The van der Waals surface area contributed by atoms with Crippen molar-refractivity contribution in [1.29, 1.82) is 0 Å². The van der Waals surface area contributed by atoms with Crippen LogP contribution in [0.2, 0.25) is 0 Å². The molecule has 15 heavy (non-hydrogen) atoms. The molecule has 0 aromatic rings. The Morgan fingerprint density at radius 1 is 1.00 bits per heavy atom. The van der Waals surface area contributed by atoms with Gasteiger partial charge in [0.25, 0.3) is 0 Å². The summed E-state index contributed by atoms with van der Waals surface area (Å²) in [6.07, 6.45) is 2.99. The van der Waals surface area contributed by atoms with Crippen LogP contribution in [-0.2, 0) is 0 Å². The Bertz CT molecular complexity index is 212. The Morgan fingerprint density at radius 2 is 1.47 bits per heavy atom. The zero-order valence-electron chi connectivity index (χ0n) is 11.1. The van der Waals surface area contributed by atoms with Gasteiger partial charge in [0, 0.05) is 18.6 Å². The van der Waals surface area contributed by atoms with Crippen LogP contribution in [0.25, 0.3) is 0 Å². The normalized spacial score (nSPS) is 37.6. The Balaban J connectivity index is 1.94. The van der Waals surface area contributed by atoms with E-state index in [0.717, 1.165) is 23.7 Å². The highest BCUT2D eigenvalue weighted by Gasteiger charge is 2.43. The number of hydrogen-bond donors (Lipinski definition) is 0. The lowest BCUT2D eigenvalue weighted by molar-refractivity contribution is 0.154. The first-order chi connectivity index (χ1) is 6.88. The average molecular weight is 209 g/mol. The molecule has 2 aliphatic rings. The lowest BCUT2D eigenvalue weighted by Gasteiger charge is -2.33. The van der Waals surface area contributed by atoms with Gasteiger partial charge in [0.2, 0.25) is 0 Å². The van der Waals surface area contributed by atoms with Gasteiger partial charge in [0.15, 0.2) is 0 Å². The van der Waals surface area contributed by atoms with E-state index >= 15 is 0 Å². The molecule has 2 rings (SSSR count). The predicted octanol–water partition coefficient (Wildman–Crippen LogP) is 3.40. The van der Waals surface area contributed by atoms with Crippen LogP contribution in [-0.4, -0.2) is 23.5 Å². The van der Waals surface area contributed by atoms with Crippen molar-refractivity contribution in [3.8, 4) is 0 Å². The Kier molecular flexibility index (Phi) is 2.87. The molecule has 1 saturated heterocycles. The molecule has 0 unspecified atom stereocenters. The summed E-state index contributed by atoms with van der Waals surface area (Å²) in [5.41, 5.74) is 0.387. The highest BCUT2D eigenvalue weighted by Crippen LogP contribution is 2.45. The zero-order chi connectivity index (χ0) is 11.2. The molecule has 2 fully saturated rings. The van der Waals surface area contributed by atoms with Crippen LogP contribution in [0, 0.1) is 23.7 Å². The van der Waals surface area contributed by atoms with Gasteiger partial charge in [-0.2, -0.15) is 0 Å². The van der Waals surface area contributed by atoms with Crippen molar-refractivity contribution in [2.75, 3.05) is 13.1 Å². The van der Waals surface area contributed by atoms with Crippen molar-refractivity contribution in [1.82, 2.24) is 4.90 Å². The average Bonchev–Trinajstić information content (AvgIpc) is 2.55. The van der Waals surface area contributed by atoms with Gasteiger partial charge < -0.3 is 0 Å². The van der Waals surface area contributed by atoms with E-state index in [0.29, 0.717) is 5.54 Å². The van der Waals surface area contributed by atoms with Crippen molar-refractivity contribution in [2.45, 2.75) is 53.0 Å². The van der Waals surface area contributed by atoms with Gasteiger partial charge in [0.05, 0.1) is 0 Å². The number of likely N-dealkylation sites (tertiary alicyclic amines) is 1. The monoisotopic (exact) mass is 209 g/mol. The highest BCUT2D eigenvalue weighted by atomic mass is 15.2. The van der Waals surface area contributed by atoms with E-state index in [1.54, 1.807) is 0 Å². The second-order valence-corrected chi connectivity index (χ2v) is 7.07. The summed E-state index contributed by atoms with van der Waals surface area (Å²) in [5, 5.41) is 0. The molecule has 3 atom stereocenters. The number of rotatable bonds is 1. The third kappa shape index (κ3) is 2.22. The highest BCUT2D eigenvalue weighted by molar-refractivity contribution is 4.96. The van der Waals surface area contributed by atoms with Crippen LogP contribution >= 0.6 is 0 Å². The van der Waals surface area contributed by atoms with Crippen molar-refractivity contribution in [3.63, 3.8) is 0 Å². The minimum atomic E-state index is 0.387. The topological polar surface area (TPSA) is 3.24 Å². The third-order valence-corrected chi connectivity index (χ3v) is 4.68. The van der Waals surface area contributed by atoms with E-state index in [4.69, 9.17) is 0 Å². The predicted molar refractivity (Wildman–Crippen MR) is 65.9 cm³/mol.